The molecule has 102 valence electrons. The zero-order chi connectivity index (χ0) is 14.1. The van der Waals surface area contributed by atoms with E-state index in [2.05, 4.69) is 64.6 Å². The van der Waals surface area contributed by atoms with Crippen LogP contribution in [0, 0.1) is 0 Å². The highest BCUT2D eigenvalue weighted by atomic mass is 79.9. The van der Waals surface area contributed by atoms with Gasteiger partial charge in [-0.2, -0.15) is 0 Å². The van der Waals surface area contributed by atoms with Crippen molar-refractivity contribution < 1.29 is 4.42 Å². The predicted molar refractivity (Wildman–Crippen MR) is 86.8 cm³/mol. The molecule has 1 aromatic heterocycles. The van der Waals surface area contributed by atoms with Gasteiger partial charge in [0.05, 0.1) is 6.04 Å². The highest BCUT2D eigenvalue weighted by molar-refractivity contribution is 9.10. The zero-order valence-electron chi connectivity index (χ0n) is 11.5. The second kappa shape index (κ2) is 5.43. The van der Waals surface area contributed by atoms with Crippen molar-refractivity contribution in [2.75, 3.05) is 7.05 Å². The number of rotatable bonds is 3. The number of hydrogen-bond acceptors (Lipinski definition) is 2. The fourth-order valence-corrected chi connectivity index (χ4v) is 2.63. The largest absolute Gasteiger partial charge is 0.459 e. The van der Waals surface area contributed by atoms with Gasteiger partial charge in [0, 0.05) is 10.0 Å². The van der Waals surface area contributed by atoms with Gasteiger partial charge in [0.2, 0.25) is 0 Å². The fourth-order valence-electron chi connectivity index (χ4n) is 2.25. The average Bonchev–Trinajstić information content (AvgIpc) is 2.95. The van der Waals surface area contributed by atoms with Gasteiger partial charge in [0.15, 0.2) is 0 Å². The van der Waals surface area contributed by atoms with E-state index in [4.69, 9.17) is 4.42 Å². The molecule has 1 unspecified atom stereocenters. The Balaban J connectivity index is 2.01. The highest BCUT2D eigenvalue weighted by Gasteiger charge is 2.10. The number of fused-ring (bicyclic) bond motifs is 1. The van der Waals surface area contributed by atoms with Crippen molar-refractivity contribution in [1.29, 1.82) is 0 Å². The molecule has 0 fully saturated rings. The predicted octanol–water partition coefficient (Wildman–Crippen LogP) is 5.14. The molecule has 3 heteroatoms. The Hall–Kier alpha value is -1.58. The van der Waals surface area contributed by atoms with Crippen molar-refractivity contribution in [3.05, 3.63) is 58.8 Å². The lowest BCUT2D eigenvalue weighted by molar-refractivity contribution is 0.458. The molecule has 0 aliphatic heterocycles. The first-order chi connectivity index (χ1) is 9.67. The van der Waals surface area contributed by atoms with Crippen LogP contribution < -0.4 is 5.32 Å². The first-order valence-corrected chi connectivity index (χ1v) is 7.43. The lowest BCUT2D eigenvalue weighted by Crippen LogP contribution is -2.10. The summed E-state index contributed by atoms with van der Waals surface area (Å²) in [5.74, 6) is 1.87. The van der Waals surface area contributed by atoms with E-state index >= 15 is 0 Å². The standard InChI is InChI=1S/C17H16BrNO/c1-11(19-2)16-7-8-17(20-16)14-4-3-13-10-15(18)6-5-12(13)9-14/h3-11,19H,1-2H3. The molecule has 2 nitrogen and oxygen atoms in total. The average molecular weight is 330 g/mol. The van der Waals surface area contributed by atoms with E-state index in [1.54, 1.807) is 0 Å². The lowest BCUT2D eigenvalue weighted by Gasteiger charge is -2.06. The summed E-state index contributed by atoms with van der Waals surface area (Å²) >= 11 is 3.50. The second-order valence-corrected chi connectivity index (χ2v) is 5.83. The van der Waals surface area contributed by atoms with Gasteiger partial charge in [-0.1, -0.05) is 34.1 Å². The minimum atomic E-state index is 0.222. The van der Waals surface area contributed by atoms with E-state index in [1.807, 2.05) is 19.2 Å². The number of nitrogens with one attached hydrogen (secondary N) is 1. The van der Waals surface area contributed by atoms with Gasteiger partial charge in [-0.25, -0.2) is 0 Å². The van der Waals surface area contributed by atoms with Crippen LogP contribution in [0.1, 0.15) is 18.7 Å². The van der Waals surface area contributed by atoms with E-state index in [9.17, 15) is 0 Å². The molecule has 0 radical (unpaired) electrons. The van der Waals surface area contributed by atoms with Gasteiger partial charge in [-0.3, -0.25) is 0 Å². The number of hydrogen-bond donors (Lipinski definition) is 1. The Morgan fingerprint density at radius 2 is 1.75 bits per heavy atom. The quantitative estimate of drug-likeness (QED) is 0.719. The summed E-state index contributed by atoms with van der Waals surface area (Å²) in [5, 5.41) is 5.62. The van der Waals surface area contributed by atoms with Gasteiger partial charge in [0.25, 0.3) is 0 Å². The summed E-state index contributed by atoms with van der Waals surface area (Å²) in [7, 11) is 1.93. The van der Waals surface area contributed by atoms with Gasteiger partial charge >= 0.3 is 0 Å². The summed E-state index contributed by atoms with van der Waals surface area (Å²) < 4.78 is 7.02. The Morgan fingerprint density at radius 1 is 1.00 bits per heavy atom. The lowest BCUT2D eigenvalue weighted by atomic mass is 10.1. The molecular formula is C17H16BrNO. The van der Waals surface area contributed by atoms with Crippen LogP contribution in [0.4, 0.5) is 0 Å². The van der Waals surface area contributed by atoms with Gasteiger partial charge in [-0.05, 0) is 55.1 Å². The van der Waals surface area contributed by atoms with Crippen LogP contribution in [0.3, 0.4) is 0 Å². The summed E-state index contributed by atoms with van der Waals surface area (Å²) in [5.41, 5.74) is 1.11. The molecule has 1 atom stereocenters. The number of halogens is 1. The van der Waals surface area contributed by atoms with Crippen LogP contribution in [-0.4, -0.2) is 7.05 Å². The third kappa shape index (κ3) is 2.51. The first kappa shape index (κ1) is 13.4. The van der Waals surface area contributed by atoms with Crippen LogP contribution in [0.5, 0.6) is 0 Å². The maximum Gasteiger partial charge on any atom is 0.134 e. The molecule has 0 spiro atoms. The van der Waals surface area contributed by atoms with Crippen molar-refractivity contribution >= 4 is 26.7 Å². The van der Waals surface area contributed by atoms with E-state index in [0.29, 0.717) is 0 Å². The van der Waals surface area contributed by atoms with Crippen molar-refractivity contribution in [1.82, 2.24) is 5.32 Å². The van der Waals surface area contributed by atoms with Gasteiger partial charge in [0.1, 0.15) is 11.5 Å². The normalized spacial score (nSPS) is 12.8. The number of furan rings is 1. The first-order valence-electron chi connectivity index (χ1n) is 6.64. The second-order valence-electron chi connectivity index (χ2n) is 4.92. The topological polar surface area (TPSA) is 25.2 Å². The summed E-state index contributed by atoms with van der Waals surface area (Å²) in [6.07, 6.45) is 0. The molecule has 2 aromatic carbocycles. The summed E-state index contributed by atoms with van der Waals surface area (Å²) in [6, 6.07) is 17.0. The minimum Gasteiger partial charge on any atom is -0.459 e. The molecule has 0 saturated carbocycles. The molecule has 1 N–H and O–H groups in total. The molecule has 1 heterocycles. The highest BCUT2D eigenvalue weighted by Crippen LogP contribution is 2.29. The SMILES string of the molecule is CNC(C)c1ccc(-c2ccc3cc(Br)ccc3c2)o1. The van der Waals surface area contributed by atoms with Crippen LogP contribution in [0.25, 0.3) is 22.1 Å². The maximum absolute atomic E-state index is 5.92. The van der Waals surface area contributed by atoms with E-state index in [0.717, 1.165) is 21.6 Å². The van der Waals surface area contributed by atoms with Crippen LogP contribution in [0.15, 0.2) is 57.4 Å². The van der Waals surface area contributed by atoms with E-state index in [1.165, 1.54) is 10.8 Å². The molecule has 20 heavy (non-hydrogen) atoms. The summed E-state index contributed by atoms with van der Waals surface area (Å²) in [4.78, 5) is 0. The van der Waals surface area contributed by atoms with E-state index in [-0.39, 0.29) is 6.04 Å². The third-order valence-electron chi connectivity index (χ3n) is 3.57. The van der Waals surface area contributed by atoms with Crippen molar-refractivity contribution in [3.8, 4) is 11.3 Å². The van der Waals surface area contributed by atoms with Crippen molar-refractivity contribution in [2.45, 2.75) is 13.0 Å². The van der Waals surface area contributed by atoms with Crippen molar-refractivity contribution in [2.24, 2.45) is 0 Å². The molecule has 0 bridgehead atoms. The van der Waals surface area contributed by atoms with Crippen LogP contribution in [0.2, 0.25) is 0 Å². The number of benzene rings is 2. The molecule has 0 saturated heterocycles. The van der Waals surface area contributed by atoms with Gasteiger partial charge in [-0.15, -0.1) is 0 Å². The van der Waals surface area contributed by atoms with E-state index < -0.39 is 0 Å². The molecule has 3 rings (SSSR count). The Kier molecular flexibility index (Phi) is 3.64. The monoisotopic (exact) mass is 329 g/mol. The Labute approximate surface area is 126 Å². The van der Waals surface area contributed by atoms with Crippen LogP contribution >= 0.6 is 15.9 Å². The zero-order valence-corrected chi connectivity index (χ0v) is 13.1. The summed E-state index contributed by atoms with van der Waals surface area (Å²) in [6.45, 7) is 2.08. The molecule has 0 amide bonds. The maximum atomic E-state index is 5.92. The van der Waals surface area contributed by atoms with Crippen molar-refractivity contribution in [3.63, 3.8) is 0 Å². The molecular weight excluding hydrogens is 314 g/mol. The Bertz CT molecular complexity index is 748. The molecule has 0 aliphatic rings. The van der Waals surface area contributed by atoms with Crippen LogP contribution in [-0.2, 0) is 0 Å². The minimum absolute atomic E-state index is 0.222. The molecule has 3 aromatic rings. The van der Waals surface area contributed by atoms with Gasteiger partial charge < -0.3 is 9.73 Å². The Morgan fingerprint density at radius 3 is 2.55 bits per heavy atom. The fraction of sp³-hybridized carbons (Fsp3) is 0.176. The third-order valence-corrected chi connectivity index (χ3v) is 4.07. The smallest absolute Gasteiger partial charge is 0.134 e. The molecule has 0 aliphatic carbocycles.